The zero-order chi connectivity index (χ0) is 16.1. The molecule has 0 aliphatic rings. The van der Waals surface area contributed by atoms with Gasteiger partial charge in [0.25, 0.3) is 0 Å². The number of carbonyl (C=O) groups excluding carboxylic acids is 1. The van der Waals surface area contributed by atoms with E-state index in [4.69, 9.17) is 4.74 Å². The quantitative estimate of drug-likeness (QED) is 0.719. The van der Waals surface area contributed by atoms with E-state index in [1.165, 1.54) is 10.9 Å². The van der Waals surface area contributed by atoms with E-state index in [2.05, 4.69) is 16.4 Å². The van der Waals surface area contributed by atoms with E-state index >= 15 is 0 Å². The summed E-state index contributed by atoms with van der Waals surface area (Å²) in [6.07, 6.45) is 3.06. The average Bonchev–Trinajstić information content (AvgIpc) is 3.04. The predicted molar refractivity (Wildman–Crippen MR) is 92.9 cm³/mol. The zero-order valence-electron chi connectivity index (χ0n) is 13.1. The highest BCUT2D eigenvalue weighted by molar-refractivity contribution is 5.93. The molecular weight excluding hydrogens is 288 g/mol. The molecule has 2 aromatic carbocycles. The molecule has 0 atom stereocenters. The van der Waals surface area contributed by atoms with Gasteiger partial charge in [-0.3, -0.25) is 4.79 Å². The van der Waals surface area contributed by atoms with Crippen LogP contribution in [0.2, 0.25) is 0 Å². The summed E-state index contributed by atoms with van der Waals surface area (Å²) < 4.78 is 5.53. The summed E-state index contributed by atoms with van der Waals surface area (Å²) in [4.78, 5) is 15.4. The summed E-state index contributed by atoms with van der Waals surface area (Å²) in [5, 5.41) is 4.11. The van der Waals surface area contributed by atoms with Crippen molar-refractivity contribution in [1.82, 2.24) is 4.98 Å². The third-order valence-electron chi connectivity index (χ3n) is 3.77. The van der Waals surface area contributed by atoms with Crippen molar-refractivity contribution in [3.8, 4) is 5.75 Å². The van der Waals surface area contributed by atoms with Crippen LogP contribution in [-0.2, 0) is 11.2 Å². The van der Waals surface area contributed by atoms with Crippen molar-refractivity contribution < 1.29 is 9.53 Å². The van der Waals surface area contributed by atoms with Gasteiger partial charge in [-0.25, -0.2) is 0 Å². The first-order valence-corrected chi connectivity index (χ1v) is 7.84. The molecule has 4 heteroatoms. The summed E-state index contributed by atoms with van der Waals surface area (Å²) in [5.41, 5.74) is 3.00. The molecule has 4 nitrogen and oxygen atoms in total. The number of nitrogens with one attached hydrogen (secondary N) is 2. The molecule has 0 radical (unpaired) electrons. The third-order valence-corrected chi connectivity index (χ3v) is 3.77. The molecule has 23 heavy (non-hydrogen) atoms. The second kappa shape index (κ2) is 7.01. The Balaban J connectivity index is 1.65. The monoisotopic (exact) mass is 308 g/mol. The minimum absolute atomic E-state index is 0.00954. The Morgan fingerprint density at radius 3 is 2.87 bits per heavy atom. The molecule has 0 bridgehead atoms. The van der Waals surface area contributed by atoms with Crippen molar-refractivity contribution in [1.29, 1.82) is 0 Å². The van der Waals surface area contributed by atoms with E-state index in [0.29, 0.717) is 25.2 Å². The van der Waals surface area contributed by atoms with Gasteiger partial charge in [0.1, 0.15) is 5.75 Å². The van der Waals surface area contributed by atoms with Crippen LogP contribution in [0.15, 0.2) is 54.7 Å². The minimum Gasteiger partial charge on any atom is -0.492 e. The van der Waals surface area contributed by atoms with Gasteiger partial charge in [0.05, 0.1) is 12.3 Å². The fourth-order valence-electron chi connectivity index (χ4n) is 2.68. The van der Waals surface area contributed by atoms with Crippen molar-refractivity contribution >= 4 is 22.5 Å². The lowest BCUT2D eigenvalue weighted by atomic mass is 10.1. The number of aromatic amines is 1. The van der Waals surface area contributed by atoms with E-state index in [-0.39, 0.29) is 5.91 Å². The van der Waals surface area contributed by atoms with Gasteiger partial charge in [-0.15, -0.1) is 0 Å². The van der Waals surface area contributed by atoms with Crippen LogP contribution in [0.5, 0.6) is 5.75 Å². The lowest BCUT2D eigenvalue weighted by Gasteiger charge is -2.11. The van der Waals surface area contributed by atoms with E-state index < -0.39 is 0 Å². The first-order valence-electron chi connectivity index (χ1n) is 7.84. The van der Waals surface area contributed by atoms with Crippen LogP contribution in [-0.4, -0.2) is 17.5 Å². The maximum absolute atomic E-state index is 12.2. The van der Waals surface area contributed by atoms with E-state index in [9.17, 15) is 4.79 Å². The number of carbonyl (C=O) groups is 1. The first-order chi connectivity index (χ1) is 11.3. The molecule has 3 aromatic rings. The van der Waals surface area contributed by atoms with Crippen molar-refractivity contribution in [3.63, 3.8) is 0 Å². The summed E-state index contributed by atoms with van der Waals surface area (Å²) >= 11 is 0. The number of fused-ring (bicyclic) bond motifs is 1. The molecule has 3 rings (SSSR count). The molecule has 0 unspecified atom stereocenters. The molecule has 0 saturated carbocycles. The molecule has 0 fully saturated rings. The third kappa shape index (κ3) is 3.54. The number of para-hydroxylation sites is 2. The first kappa shape index (κ1) is 15.2. The number of H-pyrrole nitrogens is 1. The SMILES string of the molecule is CCOc1ccccc1NC(=O)CCc1cccc2[nH]ccc12. The van der Waals surface area contributed by atoms with Gasteiger partial charge < -0.3 is 15.0 Å². The molecule has 1 heterocycles. The van der Waals surface area contributed by atoms with Crippen molar-refractivity contribution in [2.45, 2.75) is 19.8 Å². The Kier molecular flexibility index (Phi) is 4.62. The molecule has 2 N–H and O–H groups in total. The Morgan fingerprint density at radius 1 is 1.13 bits per heavy atom. The number of anilines is 1. The summed E-state index contributed by atoms with van der Waals surface area (Å²) in [6.45, 7) is 2.50. The number of benzene rings is 2. The Labute approximate surface area is 135 Å². The van der Waals surface area contributed by atoms with Gasteiger partial charge in [-0.1, -0.05) is 24.3 Å². The standard InChI is InChI=1S/C19H20N2O2/c1-2-23-18-9-4-3-7-17(18)21-19(22)11-10-14-6-5-8-16-15(14)12-13-20-16/h3-9,12-13,20H,2,10-11H2,1H3,(H,21,22). The summed E-state index contributed by atoms with van der Waals surface area (Å²) in [7, 11) is 0. The number of rotatable bonds is 6. The second-order valence-corrected chi connectivity index (χ2v) is 5.33. The van der Waals surface area contributed by atoms with Crippen molar-refractivity contribution in [2.75, 3.05) is 11.9 Å². The minimum atomic E-state index is -0.00954. The summed E-state index contributed by atoms with van der Waals surface area (Å²) in [6, 6.07) is 15.7. The van der Waals surface area contributed by atoms with Crippen LogP contribution < -0.4 is 10.1 Å². The Bertz CT molecular complexity index is 808. The van der Waals surface area contributed by atoms with Crippen molar-refractivity contribution in [2.24, 2.45) is 0 Å². The lowest BCUT2D eigenvalue weighted by Crippen LogP contribution is -2.13. The predicted octanol–water partition coefficient (Wildman–Crippen LogP) is 4.14. The smallest absolute Gasteiger partial charge is 0.224 e. The zero-order valence-corrected chi connectivity index (χ0v) is 13.1. The Morgan fingerprint density at radius 2 is 2.00 bits per heavy atom. The van der Waals surface area contributed by atoms with Crippen LogP contribution in [0, 0.1) is 0 Å². The molecule has 0 aliphatic carbocycles. The highest BCUT2D eigenvalue weighted by Crippen LogP contribution is 2.24. The second-order valence-electron chi connectivity index (χ2n) is 5.33. The number of hydrogen-bond donors (Lipinski definition) is 2. The fraction of sp³-hybridized carbons (Fsp3) is 0.211. The number of hydrogen-bond acceptors (Lipinski definition) is 2. The molecule has 0 spiro atoms. The van der Waals surface area contributed by atoms with Gasteiger partial charge in [-0.2, -0.15) is 0 Å². The summed E-state index contributed by atoms with van der Waals surface area (Å²) in [5.74, 6) is 0.695. The fourth-order valence-corrected chi connectivity index (χ4v) is 2.68. The van der Waals surface area contributed by atoms with E-state index in [1.54, 1.807) is 0 Å². The van der Waals surface area contributed by atoms with Crippen LogP contribution in [0.25, 0.3) is 10.9 Å². The Hall–Kier alpha value is -2.75. The average molecular weight is 308 g/mol. The van der Waals surface area contributed by atoms with E-state index in [0.717, 1.165) is 11.2 Å². The number of ether oxygens (including phenoxy) is 1. The van der Waals surface area contributed by atoms with Gasteiger partial charge in [0, 0.05) is 23.5 Å². The molecule has 0 saturated heterocycles. The highest BCUT2D eigenvalue weighted by Gasteiger charge is 2.09. The molecular formula is C19H20N2O2. The van der Waals surface area contributed by atoms with Crippen LogP contribution in [0.1, 0.15) is 18.9 Å². The van der Waals surface area contributed by atoms with Crippen LogP contribution in [0.3, 0.4) is 0 Å². The van der Waals surface area contributed by atoms with Gasteiger partial charge in [-0.05, 0) is 43.2 Å². The van der Waals surface area contributed by atoms with Crippen LogP contribution in [0.4, 0.5) is 5.69 Å². The number of aromatic nitrogens is 1. The maximum Gasteiger partial charge on any atom is 0.224 e. The number of aryl methyl sites for hydroxylation is 1. The molecule has 118 valence electrons. The molecule has 1 amide bonds. The lowest BCUT2D eigenvalue weighted by molar-refractivity contribution is -0.116. The highest BCUT2D eigenvalue weighted by atomic mass is 16.5. The topological polar surface area (TPSA) is 54.1 Å². The largest absolute Gasteiger partial charge is 0.492 e. The van der Waals surface area contributed by atoms with E-state index in [1.807, 2.05) is 55.6 Å². The van der Waals surface area contributed by atoms with Crippen molar-refractivity contribution in [3.05, 3.63) is 60.3 Å². The van der Waals surface area contributed by atoms with Gasteiger partial charge >= 0.3 is 0 Å². The van der Waals surface area contributed by atoms with Gasteiger partial charge in [0.15, 0.2) is 0 Å². The molecule has 0 aliphatic heterocycles. The van der Waals surface area contributed by atoms with Crippen LogP contribution >= 0.6 is 0 Å². The molecule has 1 aromatic heterocycles. The van der Waals surface area contributed by atoms with Gasteiger partial charge in [0.2, 0.25) is 5.91 Å². The normalized spacial score (nSPS) is 10.7. The maximum atomic E-state index is 12.2. The number of amides is 1.